The van der Waals surface area contributed by atoms with E-state index in [1.807, 2.05) is 30.3 Å². The lowest BCUT2D eigenvalue weighted by Gasteiger charge is -2.30. The largest absolute Gasteiger partial charge is 0.494 e. The maximum absolute atomic E-state index is 12.4. The van der Waals surface area contributed by atoms with Crippen molar-refractivity contribution in [3.8, 4) is 5.75 Å². The maximum Gasteiger partial charge on any atom is 0.255 e. The number of amides is 1. The van der Waals surface area contributed by atoms with Gasteiger partial charge in [0.1, 0.15) is 5.75 Å². The molecule has 138 valence electrons. The number of carbonyl (C=O) groups excluding carboxylic acids is 1. The Morgan fingerprint density at radius 1 is 1.12 bits per heavy atom. The van der Waals surface area contributed by atoms with Gasteiger partial charge in [-0.05, 0) is 68.1 Å². The van der Waals surface area contributed by atoms with Crippen LogP contribution in [-0.4, -0.2) is 25.6 Å². The van der Waals surface area contributed by atoms with Crippen LogP contribution in [0.15, 0.2) is 42.5 Å². The van der Waals surface area contributed by atoms with Crippen molar-refractivity contribution in [3.63, 3.8) is 0 Å². The van der Waals surface area contributed by atoms with E-state index in [0.29, 0.717) is 23.5 Å². The third-order valence-corrected chi connectivity index (χ3v) is 4.57. The zero-order valence-corrected chi connectivity index (χ0v) is 15.3. The summed E-state index contributed by atoms with van der Waals surface area (Å²) in [6, 6.07) is 12.9. The molecule has 1 aliphatic heterocycles. The fraction of sp³-hybridized carbons (Fsp3) is 0.381. The summed E-state index contributed by atoms with van der Waals surface area (Å²) in [5, 5.41) is 2.91. The van der Waals surface area contributed by atoms with Gasteiger partial charge in [-0.1, -0.05) is 6.92 Å². The molecule has 0 radical (unpaired) electrons. The van der Waals surface area contributed by atoms with Crippen molar-refractivity contribution in [1.82, 2.24) is 0 Å². The van der Waals surface area contributed by atoms with Crippen LogP contribution in [0.4, 0.5) is 17.1 Å². The van der Waals surface area contributed by atoms with Gasteiger partial charge in [0.05, 0.1) is 18.0 Å². The molecule has 1 heterocycles. The molecule has 1 fully saturated rings. The number of piperidine rings is 1. The van der Waals surface area contributed by atoms with E-state index in [9.17, 15) is 4.79 Å². The molecule has 3 N–H and O–H groups in total. The lowest BCUT2D eigenvalue weighted by molar-refractivity contribution is 0.102. The highest BCUT2D eigenvalue weighted by molar-refractivity contribution is 6.04. The first kappa shape index (κ1) is 18.1. The second kappa shape index (κ2) is 8.61. The number of hydrogen-bond donors (Lipinski definition) is 2. The molecule has 5 nitrogen and oxygen atoms in total. The van der Waals surface area contributed by atoms with Gasteiger partial charge >= 0.3 is 0 Å². The average Bonchev–Trinajstić information content (AvgIpc) is 2.67. The van der Waals surface area contributed by atoms with Crippen molar-refractivity contribution in [3.05, 3.63) is 48.0 Å². The van der Waals surface area contributed by atoms with Gasteiger partial charge in [-0.2, -0.15) is 0 Å². The van der Waals surface area contributed by atoms with Crippen LogP contribution >= 0.6 is 0 Å². The van der Waals surface area contributed by atoms with Crippen molar-refractivity contribution < 1.29 is 9.53 Å². The van der Waals surface area contributed by atoms with Crippen LogP contribution in [-0.2, 0) is 0 Å². The summed E-state index contributed by atoms with van der Waals surface area (Å²) in [5.41, 5.74) is 9.28. The zero-order valence-electron chi connectivity index (χ0n) is 15.3. The van der Waals surface area contributed by atoms with Gasteiger partial charge in [-0.25, -0.2) is 0 Å². The quantitative estimate of drug-likeness (QED) is 0.760. The molecular weight excluding hydrogens is 326 g/mol. The lowest BCUT2D eigenvalue weighted by Crippen LogP contribution is -2.30. The number of nitrogens with one attached hydrogen (secondary N) is 1. The smallest absolute Gasteiger partial charge is 0.255 e. The van der Waals surface area contributed by atoms with Gasteiger partial charge in [0.25, 0.3) is 5.91 Å². The molecule has 1 amide bonds. The van der Waals surface area contributed by atoms with Crippen LogP contribution in [0.1, 0.15) is 43.0 Å². The molecule has 0 aliphatic carbocycles. The normalized spacial score (nSPS) is 14.1. The van der Waals surface area contributed by atoms with Crippen LogP contribution in [0.2, 0.25) is 0 Å². The van der Waals surface area contributed by atoms with E-state index in [1.165, 1.54) is 19.3 Å². The van der Waals surface area contributed by atoms with Crippen LogP contribution < -0.4 is 20.7 Å². The van der Waals surface area contributed by atoms with Crippen molar-refractivity contribution in [1.29, 1.82) is 0 Å². The van der Waals surface area contributed by atoms with Crippen molar-refractivity contribution in [2.45, 2.75) is 32.6 Å². The van der Waals surface area contributed by atoms with E-state index >= 15 is 0 Å². The molecule has 0 atom stereocenters. The molecule has 0 saturated carbocycles. The molecule has 0 spiro atoms. The van der Waals surface area contributed by atoms with Crippen molar-refractivity contribution in [2.24, 2.45) is 0 Å². The summed E-state index contributed by atoms with van der Waals surface area (Å²) in [7, 11) is 0. The number of rotatable bonds is 6. The van der Waals surface area contributed by atoms with E-state index in [4.69, 9.17) is 10.5 Å². The van der Waals surface area contributed by atoms with Gasteiger partial charge in [0, 0.05) is 24.3 Å². The number of hydrogen-bond acceptors (Lipinski definition) is 4. The SMILES string of the molecule is CCCOc1ccc(C(=O)Nc2ccc(N3CCCCC3)c(N)c2)cc1. The summed E-state index contributed by atoms with van der Waals surface area (Å²) >= 11 is 0. The second-order valence-corrected chi connectivity index (χ2v) is 6.65. The predicted molar refractivity (Wildman–Crippen MR) is 107 cm³/mol. The summed E-state index contributed by atoms with van der Waals surface area (Å²) in [6.07, 6.45) is 4.65. The fourth-order valence-corrected chi connectivity index (χ4v) is 3.18. The van der Waals surface area contributed by atoms with Gasteiger partial charge in [0.2, 0.25) is 0 Å². The molecule has 1 saturated heterocycles. The highest BCUT2D eigenvalue weighted by Gasteiger charge is 2.14. The monoisotopic (exact) mass is 353 g/mol. The van der Waals surface area contributed by atoms with E-state index in [2.05, 4.69) is 17.1 Å². The van der Waals surface area contributed by atoms with Crippen molar-refractivity contribution in [2.75, 3.05) is 35.6 Å². The molecule has 5 heteroatoms. The number of nitrogens with zero attached hydrogens (tertiary/aromatic N) is 1. The van der Waals surface area contributed by atoms with Crippen LogP contribution in [0.5, 0.6) is 5.75 Å². The minimum absolute atomic E-state index is 0.155. The maximum atomic E-state index is 12.4. The van der Waals surface area contributed by atoms with Crippen molar-refractivity contribution >= 4 is 23.0 Å². The Kier molecular flexibility index (Phi) is 6.00. The number of anilines is 3. The number of nitrogens with two attached hydrogens (primary N) is 1. The molecule has 0 aromatic heterocycles. The Bertz CT molecular complexity index is 737. The van der Waals surface area contributed by atoms with Crippen LogP contribution in [0.25, 0.3) is 0 Å². The second-order valence-electron chi connectivity index (χ2n) is 6.65. The van der Waals surface area contributed by atoms with E-state index < -0.39 is 0 Å². The minimum Gasteiger partial charge on any atom is -0.494 e. The molecule has 0 bridgehead atoms. The first-order valence-corrected chi connectivity index (χ1v) is 9.36. The van der Waals surface area contributed by atoms with E-state index in [1.54, 1.807) is 12.1 Å². The summed E-state index contributed by atoms with van der Waals surface area (Å²) < 4.78 is 5.54. The molecule has 2 aromatic carbocycles. The number of nitrogen functional groups attached to an aromatic ring is 1. The first-order chi connectivity index (χ1) is 12.7. The Labute approximate surface area is 155 Å². The van der Waals surface area contributed by atoms with E-state index in [0.717, 1.165) is 30.9 Å². The van der Waals surface area contributed by atoms with Crippen LogP contribution in [0.3, 0.4) is 0 Å². The van der Waals surface area contributed by atoms with E-state index in [-0.39, 0.29) is 5.91 Å². The average molecular weight is 353 g/mol. The topological polar surface area (TPSA) is 67.6 Å². The summed E-state index contributed by atoms with van der Waals surface area (Å²) in [6.45, 7) is 4.82. The summed E-state index contributed by atoms with van der Waals surface area (Å²) in [4.78, 5) is 14.8. The Hall–Kier alpha value is -2.69. The first-order valence-electron chi connectivity index (χ1n) is 9.36. The lowest BCUT2D eigenvalue weighted by atomic mass is 10.1. The third-order valence-electron chi connectivity index (χ3n) is 4.57. The Balaban J connectivity index is 1.64. The standard InChI is InChI=1S/C21H27N3O2/c1-2-14-26-18-9-6-16(7-10-18)21(25)23-17-8-11-20(19(22)15-17)24-12-4-3-5-13-24/h6-11,15H,2-5,12-14,22H2,1H3,(H,23,25). The summed E-state index contributed by atoms with van der Waals surface area (Å²) in [5.74, 6) is 0.621. The van der Waals surface area contributed by atoms with Gasteiger partial charge < -0.3 is 20.7 Å². The molecule has 0 unspecified atom stereocenters. The number of benzene rings is 2. The highest BCUT2D eigenvalue weighted by Crippen LogP contribution is 2.29. The fourth-order valence-electron chi connectivity index (χ4n) is 3.18. The molecule has 26 heavy (non-hydrogen) atoms. The Morgan fingerprint density at radius 2 is 1.85 bits per heavy atom. The molecular formula is C21H27N3O2. The van der Waals surface area contributed by atoms with Gasteiger partial charge in [0.15, 0.2) is 0 Å². The molecule has 1 aliphatic rings. The minimum atomic E-state index is -0.155. The highest BCUT2D eigenvalue weighted by atomic mass is 16.5. The number of ether oxygens (including phenoxy) is 1. The predicted octanol–water partition coefficient (Wildman–Crippen LogP) is 4.30. The number of carbonyl (C=O) groups is 1. The zero-order chi connectivity index (χ0) is 18.4. The van der Waals surface area contributed by atoms with Crippen LogP contribution in [0, 0.1) is 0 Å². The Morgan fingerprint density at radius 3 is 2.50 bits per heavy atom. The molecule has 2 aromatic rings. The van der Waals surface area contributed by atoms with Gasteiger partial charge in [-0.15, -0.1) is 0 Å². The molecule has 3 rings (SSSR count). The third kappa shape index (κ3) is 4.48. The van der Waals surface area contributed by atoms with Gasteiger partial charge in [-0.3, -0.25) is 4.79 Å².